The van der Waals surface area contributed by atoms with Crippen LogP contribution in [0.2, 0.25) is 5.02 Å². The summed E-state index contributed by atoms with van der Waals surface area (Å²) in [5, 5.41) is 13.2. The standard InChI is InChI=1S/C16H12ClNO.ClH/c17-13-7-5-12(6-8-13)16(19)15-14-4-2-1-3-11(14)9-10-18-15;/h1-10,16,19H;1H/p-1. The lowest BCUT2D eigenvalue weighted by Gasteiger charge is -2.13. The van der Waals surface area contributed by atoms with Crippen LogP contribution in [0.4, 0.5) is 0 Å². The van der Waals surface area contributed by atoms with Gasteiger partial charge in [0.2, 0.25) is 0 Å². The van der Waals surface area contributed by atoms with Gasteiger partial charge < -0.3 is 17.5 Å². The molecule has 0 bridgehead atoms. The SMILES string of the molecule is OC(c1ccc(Cl)cc1)c1nccc2ccccc12.[Cl-]. The Morgan fingerprint density at radius 3 is 2.40 bits per heavy atom. The Bertz CT molecular complexity index is 708. The second-order valence-electron chi connectivity index (χ2n) is 4.37. The summed E-state index contributed by atoms with van der Waals surface area (Å²) in [5.74, 6) is 0. The predicted molar refractivity (Wildman–Crippen MR) is 77.3 cm³/mol. The molecule has 0 radical (unpaired) electrons. The van der Waals surface area contributed by atoms with Crippen LogP contribution in [0.3, 0.4) is 0 Å². The average molecular weight is 305 g/mol. The third kappa shape index (κ3) is 2.78. The molecule has 0 spiro atoms. The molecule has 0 aliphatic heterocycles. The number of aliphatic hydroxyl groups excluding tert-OH is 1. The van der Waals surface area contributed by atoms with Gasteiger partial charge in [0.25, 0.3) is 0 Å². The maximum atomic E-state index is 10.5. The number of aromatic nitrogens is 1. The zero-order chi connectivity index (χ0) is 13.2. The maximum Gasteiger partial charge on any atom is 0.122 e. The molecule has 3 rings (SSSR count). The molecule has 1 aromatic heterocycles. The van der Waals surface area contributed by atoms with Crippen molar-refractivity contribution in [1.29, 1.82) is 0 Å². The first kappa shape index (κ1) is 14.8. The molecule has 1 atom stereocenters. The van der Waals surface area contributed by atoms with Crippen LogP contribution in [-0.4, -0.2) is 10.1 Å². The van der Waals surface area contributed by atoms with E-state index in [0.717, 1.165) is 16.3 Å². The fourth-order valence-electron chi connectivity index (χ4n) is 2.16. The van der Waals surface area contributed by atoms with E-state index in [1.165, 1.54) is 0 Å². The highest BCUT2D eigenvalue weighted by molar-refractivity contribution is 6.30. The topological polar surface area (TPSA) is 33.1 Å². The van der Waals surface area contributed by atoms with Gasteiger partial charge in [-0.1, -0.05) is 48.0 Å². The summed E-state index contributed by atoms with van der Waals surface area (Å²) in [6, 6.07) is 17.0. The van der Waals surface area contributed by atoms with Crippen molar-refractivity contribution in [3.05, 3.63) is 77.1 Å². The summed E-state index contributed by atoms with van der Waals surface area (Å²) in [5.41, 5.74) is 1.45. The molecule has 0 saturated heterocycles. The number of halogens is 2. The number of pyridine rings is 1. The predicted octanol–water partition coefficient (Wildman–Crippen LogP) is 0.974. The van der Waals surface area contributed by atoms with Gasteiger partial charge in [0.1, 0.15) is 6.10 Å². The van der Waals surface area contributed by atoms with Crippen LogP contribution in [-0.2, 0) is 0 Å². The van der Waals surface area contributed by atoms with Gasteiger partial charge in [-0.3, -0.25) is 4.98 Å². The summed E-state index contributed by atoms with van der Waals surface area (Å²) < 4.78 is 0. The minimum atomic E-state index is -0.747. The van der Waals surface area contributed by atoms with Gasteiger partial charge in [0.05, 0.1) is 5.69 Å². The first-order valence-electron chi connectivity index (χ1n) is 6.03. The largest absolute Gasteiger partial charge is 1.00 e. The van der Waals surface area contributed by atoms with Crippen LogP contribution >= 0.6 is 11.6 Å². The van der Waals surface area contributed by atoms with Gasteiger partial charge in [-0.15, -0.1) is 0 Å². The highest BCUT2D eigenvalue weighted by atomic mass is 35.5. The zero-order valence-corrected chi connectivity index (χ0v) is 12.0. The van der Waals surface area contributed by atoms with Crippen molar-refractivity contribution in [2.45, 2.75) is 6.10 Å². The molecule has 0 amide bonds. The maximum absolute atomic E-state index is 10.5. The Morgan fingerprint density at radius 2 is 1.65 bits per heavy atom. The second-order valence-corrected chi connectivity index (χ2v) is 4.81. The average Bonchev–Trinajstić information content (AvgIpc) is 2.47. The van der Waals surface area contributed by atoms with Crippen molar-refractivity contribution in [2.75, 3.05) is 0 Å². The highest BCUT2D eigenvalue weighted by Crippen LogP contribution is 2.27. The van der Waals surface area contributed by atoms with Crippen molar-refractivity contribution in [2.24, 2.45) is 0 Å². The van der Waals surface area contributed by atoms with Crippen LogP contribution in [0.15, 0.2) is 60.8 Å². The fourth-order valence-corrected chi connectivity index (χ4v) is 2.29. The molecule has 102 valence electrons. The lowest BCUT2D eigenvalue weighted by Crippen LogP contribution is -3.00. The second kappa shape index (κ2) is 6.23. The first-order valence-corrected chi connectivity index (χ1v) is 6.41. The molecule has 0 fully saturated rings. The third-order valence-electron chi connectivity index (χ3n) is 3.15. The summed E-state index contributed by atoms with van der Waals surface area (Å²) in [6.45, 7) is 0. The van der Waals surface area contributed by atoms with Crippen molar-refractivity contribution < 1.29 is 17.5 Å². The zero-order valence-electron chi connectivity index (χ0n) is 10.5. The van der Waals surface area contributed by atoms with E-state index >= 15 is 0 Å². The van der Waals surface area contributed by atoms with Crippen LogP contribution < -0.4 is 12.4 Å². The molecule has 0 saturated carbocycles. The van der Waals surface area contributed by atoms with E-state index in [0.29, 0.717) is 10.7 Å². The summed E-state index contributed by atoms with van der Waals surface area (Å²) >= 11 is 5.86. The minimum absolute atomic E-state index is 0. The molecule has 4 heteroatoms. The molecule has 1 unspecified atom stereocenters. The summed E-state index contributed by atoms with van der Waals surface area (Å²) in [4.78, 5) is 4.32. The Kier molecular flexibility index (Phi) is 4.61. The number of rotatable bonds is 2. The fraction of sp³-hybridized carbons (Fsp3) is 0.0625. The van der Waals surface area contributed by atoms with Gasteiger partial charge in [-0.25, -0.2) is 0 Å². The molecule has 20 heavy (non-hydrogen) atoms. The van der Waals surface area contributed by atoms with E-state index in [1.54, 1.807) is 18.3 Å². The Morgan fingerprint density at radius 1 is 0.950 bits per heavy atom. The highest BCUT2D eigenvalue weighted by Gasteiger charge is 2.14. The van der Waals surface area contributed by atoms with E-state index in [1.807, 2.05) is 42.5 Å². The normalized spacial score (nSPS) is 11.9. The van der Waals surface area contributed by atoms with Crippen LogP contribution in [0.5, 0.6) is 0 Å². The molecule has 1 N–H and O–H groups in total. The number of fused-ring (bicyclic) bond motifs is 1. The third-order valence-corrected chi connectivity index (χ3v) is 3.40. The van der Waals surface area contributed by atoms with Gasteiger partial charge in [0.15, 0.2) is 0 Å². The number of hydrogen-bond donors (Lipinski definition) is 1. The Balaban J connectivity index is 0.00000147. The summed E-state index contributed by atoms with van der Waals surface area (Å²) in [7, 11) is 0. The lowest BCUT2D eigenvalue weighted by atomic mass is 10.0. The molecule has 2 aromatic carbocycles. The van der Waals surface area contributed by atoms with E-state index < -0.39 is 6.10 Å². The monoisotopic (exact) mass is 304 g/mol. The Labute approximate surface area is 128 Å². The smallest absolute Gasteiger partial charge is 0.122 e. The van der Waals surface area contributed by atoms with Crippen LogP contribution in [0.25, 0.3) is 10.8 Å². The van der Waals surface area contributed by atoms with Crippen LogP contribution in [0.1, 0.15) is 17.4 Å². The quantitative estimate of drug-likeness (QED) is 0.765. The van der Waals surface area contributed by atoms with Crippen molar-refractivity contribution >= 4 is 22.4 Å². The molecule has 3 aromatic rings. The molecular formula is C16H12Cl2NO-. The molecular weight excluding hydrogens is 293 g/mol. The lowest BCUT2D eigenvalue weighted by molar-refractivity contribution is -0.00000497. The van der Waals surface area contributed by atoms with Crippen molar-refractivity contribution in [1.82, 2.24) is 4.98 Å². The van der Waals surface area contributed by atoms with Gasteiger partial charge in [-0.05, 0) is 29.1 Å². The number of benzene rings is 2. The molecule has 0 aliphatic carbocycles. The number of aliphatic hydroxyl groups is 1. The first-order chi connectivity index (χ1) is 9.25. The van der Waals surface area contributed by atoms with E-state index in [2.05, 4.69) is 4.98 Å². The minimum Gasteiger partial charge on any atom is -1.00 e. The van der Waals surface area contributed by atoms with Crippen molar-refractivity contribution in [3.63, 3.8) is 0 Å². The van der Waals surface area contributed by atoms with E-state index in [9.17, 15) is 5.11 Å². The summed E-state index contributed by atoms with van der Waals surface area (Å²) in [6.07, 6.45) is 0.972. The van der Waals surface area contributed by atoms with Crippen molar-refractivity contribution in [3.8, 4) is 0 Å². The van der Waals surface area contributed by atoms with E-state index in [-0.39, 0.29) is 12.4 Å². The van der Waals surface area contributed by atoms with Gasteiger partial charge in [0, 0.05) is 16.6 Å². The Hall–Kier alpha value is -1.61. The molecule has 2 nitrogen and oxygen atoms in total. The molecule has 1 heterocycles. The van der Waals surface area contributed by atoms with Gasteiger partial charge in [-0.2, -0.15) is 0 Å². The number of nitrogens with zero attached hydrogens (tertiary/aromatic N) is 1. The van der Waals surface area contributed by atoms with E-state index in [4.69, 9.17) is 11.6 Å². The van der Waals surface area contributed by atoms with Crippen LogP contribution in [0, 0.1) is 0 Å². The number of hydrogen-bond acceptors (Lipinski definition) is 2. The molecule has 0 aliphatic rings. The van der Waals surface area contributed by atoms with Gasteiger partial charge >= 0.3 is 0 Å².